The Kier molecular flexibility index (Phi) is 5.96. The molecule has 0 aliphatic rings. The van der Waals surface area contributed by atoms with Gasteiger partial charge in [-0.25, -0.2) is 4.68 Å². The van der Waals surface area contributed by atoms with E-state index in [1.165, 1.54) is 0 Å². The lowest BCUT2D eigenvalue weighted by Crippen LogP contribution is -2.36. The summed E-state index contributed by atoms with van der Waals surface area (Å²) in [5.41, 5.74) is 3.27. The number of rotatable bonds is 7. The van der Waals surface area contributed by atoms with Crippen LogP contribution in [-0.2, 0) is 4.79 Å². The summed E-state index contributed by atoms with van der Waals surface area (Å²) in [5.74, 6) is -0.829. The number of aliphatic carboxylic acids is 1. The highest BCUT2D eigenvalue weighted by molar-refractivity contribution is 5.95. The monoisotopic (exact) mass is 343 g/mol. The number of carboxylic acid groups (broad SMARTS) is 1. The van der Waals surface area contributed by atoms with Crippen LogP contribution >= 0.6 is 0 Å². The van der Waals surface area contributed by atoms with Gasteiger partial charge in [0, 0.05) is 13.1 Å². The van der Waals surface area contributed by atoms with E-state index in [4.69, 9.17) is 5.11 Å². The van der Waals surface area contributed by atoms with Crippen molar-refractivity contribution in [2.24, 2.45) is 5.92 Å². The van der Waals surface area contributed by atoms with Gasteiger partial charge in [0.1, 0.15) is 0 Å². The van der Waals surface area contributed by atoms with Crippen molar-refractivity contribution < 1.29 is 14.7 Å². The van der Waals surface area contributed by atoms with E-state index in [2.05, 4.69) is 5.10 Å². The topological polar surface area (TPSA) is 75.4 Å². The maximum atomic E-state index is 12.9. The van der Waals surface area contributed by atoms with Gasteiger partial charge < -0.3 is 10.0 Å². The first-order valence-corrected chi connectivity index (χ1v) is 8.42. The predicted molar refractivity (Wildman–Crippen MR) is 96.0 cm³/mol. The average Bonchev–Trinajstić information content (AvgIpc) is 2.92. The van der Waals surface area contributed by atoms with Crippen molar-refractivity contribution in [1.29, 1.82) is 0 Å². The van der Waals surface area contributed by atoms with E-state index in [1.807, 2.05) is 52.0 Å². The number of hydrogen-bond donors (Lipinski definition) is 1. The van der Waals surface area contributed by atoms with Crippen molar-refractivity contribution >= 4 is 11.9 Å². The molecule has 0 aliphatic heterocycles. The van der Waals surface area contributed by atoms with Crippen LogP contribution in [0.25, 0.3) is 5.69 Å². The highest BCUT2D eigenvalue weighted by Gasteiger charge is 2.22. The Hall–Kier alpha value is -2.63. The number of carbonyl (C=O) groups excluding carboxylic acids is 1. The van der Waals surface area contributed by atoms with Crippen LogP contribution in [-0.4, -0.2) is 44.8 Å². The van der Waals surface area contributed by atoms with Crippen LogP contribution in [0, 0.1) is 19.8 Å². The number of aryl methyl sites for hydroxylation is 1. The van der Waals surface area contributed by atoms with E-state index in [-0.39, 0.29) is 24.8 Å². The van der Waals surface area contributed by atoms with Gasteiger partial charge in [0.25, 0.3) is 5.91 Å². The van der Waals surface area contributed by atoms with Gasteiger partial charge in [-0.05, 0) is 37.5 Å². The Balaban J connectivity index is 2.29. The smallest absolute Gasteiger partial charge is 0.305 e. The summed E-state index contributed by atoms with van der Waals surface area (Å²) in [7, 11) is 0. The second-order valence-electron chi connectivity index (χ2n) is 6.68. The van der Waals surface area contributed by atoms with E-state index in [9.17, 15) is 9.59 Å². The number of amides is 1. The highest BCUT2D eigenvalue weighted by atomic mass is 16.4. The summed E-state index contributed by atoms with van der Waals surface area (Å²) in [4.78, 5) is 25.4. The van der Waals surface area contributed by atoms with Gasteiger partial charge in [-0.3, -0.25) is 9.59 Å². The summed E-state index contributed by atoms with van der Waals surface area (Å²) in [5, 5.41) is 13.3. The summed E-state index contributed by atoms with van der Waals surface area (Å²) in [6, 6.07) is 7.90. The first-order valence-electron chi connectivity index (χ1n) is 8.42. The molecule has 0 radical (unpaired) electrons. The van der Waals surface area contributed by atoms with Crippen LogP contribution in [0.2, 0.25) is 0 Å². The largest absolute Gasteiger partial charge is 0.481 e. The van der Waals surface area contributed by atoms with Gasteiger partial charge >= 0.3 is 5.97 Å². The quantitative estimate of drug-likeness (QED) is 0.838. The lowest BCUT2D eigenvalue weighted by molar-refractivity contribution is -0.137. The lowest BCUT2D eigenvalue weighted by Gasteiger charge is -2.24. The fourth-order valence-electron chi connectivity index (χ4n) is 2.76. The first kappa shape index (κ1) is 18.7. The molecule has 2 aromatic rings. The predicted octanol–water partition coefficient (Wildman–Crippen LogP) is 3.06. The summed E-state index contributed by atoms with van der Waals surface area (Å²) >= 11 is 0. The van der Waals surface area contributed by atoms with Gasteiger partial charge in [-0.15, -0.1) is 0 Å². The summed E-state index contributed by atoms with van der Waals surface area (Å²) in [6.07, 6.45) is 1.50. The standard InChI is InChI=1S/C19H25N3O3/c1-13(2)12-21(9-8-18(23)24)19(25)17-11-20-22(15(17)4)16-7-5-6-14(3)10-16/h5-7,10-11,13H,8-9,12H2,1-4H3,(H,23,24). The molecule has 6 nitrogen and oxygen atoms in total. The van der Waals surface area contributed by atoms with Crippen molar-refractivity contribution in [3.8, 4) is 5.69 Å². The highest BCUT2D eigenvalue weighted by Crippen LogP contribution is 2.17. The Morgan fingerprint density at radius 2 is 2.00 bits per heavy atom. The minimum absolute atomic E-state index is 0.0659. The maximum Gasteiger partial charge on any atom is 0.305 e. The first-order chi connectivity index (χ1) is 11.8. The molecular formula is C19H25N3O3. The molecule has 0 saturated heterocycles. The van der Waals surface area contributed by atoms with E-state index < -0.39 is 5.97 Å². The van der Waals surface area contributed by atoms with Gasteiger partial charge in [0.15, 0.2) is 0 Å². The van der Waals surface area contributed by atoms with Crippen LogP contribution in [0.1, 0.15) is 41.9 Å². The second-order valence-corrected chi connectivity index (χ2v) is 6.68. The molecule has 1 aromatic heterocycles. The normalized spacial score (nSPS) is 10.9. The fraction of sp³-hybridized carbons (Fsp3) is 0.421. The van der Waals surface area contributed by atoms with Crippen molar-refractivity contribution in [3.63, 3.8) is 0 Å². The molecule has 0 spiro atoms. The van der Waals surface area contributed by atoms with E-state index >= 15 is 0 Å². The molecule has 0 bridgehead atoms. The number of nitrogens with zero attached hydrogens (tertiary/aromatic N) is 3. The lowest BCUT2D eigenvalue weighted by atomic mass is 10.1. The van der Waals surface area contributed by atoms with E-state index in [0.717, 1.165) is 16.9 Å². The zero-order valence-electron chi connectivity index (χ0n) is 15.2. The molecule has 2 rings (SSSR count). The molecule has 0 saturated carbocycles. The number of aromatic nitrogens is 2. The van der Waals surface area contributed by atoms with Crippen LogP contribution in [0.15, 0.2) is 30.5 Å². The summed E-state index contributed by atoms with van der Waals surface area (Å²) in [6.45, 7) is 8.58. The molecule has 134 valence electrons. The fourth-order valence-corrected chi connectivity index (χ4v) is 2.76. The Morgan fingerprint density at radius 3 is 2.60 bits per heavy atom. The number of benzene rings is 1. The molecule has 6 heteroatoms. The van der Waals surface area contributed by atoms with Gasteiger partial charge in [0.05, 0.1) is 29.6 Å². The second kappa shape index (κ2) is 7.96. The Labute approximate surface area is 148 Å². The number of hydrogen-bond acceptors (Lipinski definition) is 3. The average molecular weight is 343 g/mol. The maximum absolute atomic E-state index is 12.9. The molecule has 1 heterocycles. The van der Waals surface area contributed by atoms with Gasteiger partial charge in [0.2, 0.25) is 0 Å². The Bertz CT molecular complexity index is 765. The Morgan fingerprint density at radius 1 is 1.28 bits per heavy atom. The third-order valence-corrected chi connectivity index (χ3v) is 3.95. The molecule has 0 unspecified atom stereocenters. The van der Waals surface area contributed by atoms with E-state index in [1.54, 1.807) is 15.8 Å². The van der Waals surface area contributed by atoms with Gasteiger partial charge in [-0.1, -0.05) is 26.0 Å². The third kappa shape index (κ3) is 4.68. The molecule has 0 atom stereocenters. The molecule has 1 aromatic carbocycles. The number of carboxylic acids is 1. The molecular weight excluding hydrogens is 318 g/mol. The van der Waals surface area contributed by atoms with Crippen LogP contribution < -0.4 is 0 Å². The van der Waals surface area contributed by atoms with Crippen molar-refractivity contribution in [2.75, 3.05) is 13.1 Å². The third-order valence-electron chi connectivity index (χ3n) is 3.95. The zero-order chi connectivity index (χ0) is 18.6. The van der Waals surface area contributed by atoms with Crippen molar-refractivity contribution in [1.82, 2.24) is 14.7 Å². The van der Waals surface area contributed by atoms with Crippen LogP contribution in [0.3, 0.4) is 0 Å². The van der Waals surface area contributed by atoms with Crippen molar-refractivity contribution in [2.45, 2.75) is 34.1 Å². The van der Waals surface area contributed by atoms with E-state index in [0.29, 0.717) is 12.1 Å². The molecule has 1 amide bonds. The zero-order valence-corrected chi connectivity index (χ0v) is 15.2. The molecule has 0 aliphatic carbocycles. The number of carbonyl (C=O) groups is 2. The van der Waals surface area contributed by atoms with Gasteiger partial charge in [-0.2, -0.15) is 5.10 Å². The van der Waals surface area contributed by atoms with Crippen LogP contribution in [0.5, 0.6) is 0 Å². The summed E-state index contributed by atoms with van der Waals surface area (Å²) < 4.78 is 1.74. The molecule has 25 heavy (non-hydrogen) atoms. The van der Waals surface area contributed by atoms with Crippen molar-refractivity contribution in [3.05, 3.63) is 47.3 Å². The SMILES string of the molecule is Cc1cccc(-n2ncc(C(=O)N(CCC(=O)O)CC(C)C)c2C)c1. The molecule has 1 N–H and O–H groups in total. The molecule has 0 fully saturated rings. The minimum atomic E-state index is -0.909. The van der Waals surface area contributed by atoms with Crippen LogP contribution in [0.4, 0.5) is 0 Å². The minimum Gasteiger partial charge on any atom is -0.481 e.